The first-order valence-corrected chi connectivity index (χ1v) is 7.45. The second-order valence-electron chi connectivity index (χ2n) is 6.87. The molecule has 4 heteroatoms. The zero-order chi connectivity index (χ0) is 15.5. The molecule has 21 heavy (non-hydrogen) atoms. The fourth-order valence-corrected chi connectivity index (χ4v) is 2.41. The number of alkyl carbamates (subject to hydrolysis) is 1. The van der Waals surface area contributed by atoms with E-state index in [1.54, 1.807) is 0 Å². The molecule has 0 spiro atoms. The topological polar surface area (TPSA) is 47.6 Å². The standard InChI is InChI=1S/C17H25NO3/c1-16(2,3)21-15(19)18-17(4)11-10-14(17)20-12-13-8-6-5-7-9-13/h5-9,14H,10-12H2,1-4H3,(H,18,19)/t14?,17-/m0/s1. The molecule has 1 amide bonds. The lowest BCUT2D eigenvalue weighted by Crippen LogP contribution is -2.62. The third-order valence-electron chi connectivity index (χ3n) is 3.72. The van der Waals surface area contributed by atoms with Gasteiger partial charge in [0.05, 0.1) is 18.2 Å². The molecule has 1 aromatic carbocycles. The fourth-order valence-electron chi connectivity index (χ4n) is 2.41. The predicted octanol–water partition coefficient (Wildman–Crippen LogP) is 3.65. The number of benzene rings is 1. The summed E-state index contributed by atoms with van der Waals surface area (Å²) in [6, 6.07) is 10.1. The molecule has 1 saturated carbocycles. The number of carbonyl (C=O) groups excluding carboxylic acids is 1. The third kappa shape index (κ3) is 4.46. The summed E-state index contributed by atoms with van der Waals surface area (Å²) in [7, 11) is 0. The van der Waals surface area contributed by atoms with Gasteiger partial charge in [-0.3, -0.25) is 0 Å². The molecule has 0 heterocycles. The Hall–Kier alpha value is -1.55. The monoisotopic (exact) mass is 291 g/mol. The first kappa shape index (κ1) is 15.8. The molecule has 1 N–H and O–H groups in total. The van der Waals surface area contributed by atoms with Gasteiger partial charge in [-0.15, -0.1) is 0 Å². The number of hydrogen-bond acceptors (Lipinski definition) is 3. The Morgan fingerprint density at radius 1 is 1.33 bits per heavy atom. The molecule has 1 fully saturated rings. The molecule has 0 aliphatic heterocycles. The second-order valence-corrected chi connectivity index (χ2v) is 6.87. The summed E-state index contributed by atoms with van der Waals surface area (Å²) in [5.41, 5.74) is 0.325. The Morgan fingerprint density at radius 3 is 2.52 bits per heavy atom. The number of hydrogen-bond donors (Lipinski definition) is 1. The molecule has 0 bridgehead atoms. The van der Waals surface area contributed by atoms with E-state index in [0.29, 0.717) is 6.61 Å². The summed E-state index contributed by atoms with van der Waals surface area (Å²) in [6.07, 6.45) is 1.52. The summed E-state index contributed by atoms with van der Waals surface area (Å²) in [5, 5.41) is 2.95. The van der Waals surface area contributed by atoms with E-state index in [0.717, 1.165) is 18.4 Å². The summed E-state index contributed by atoms with van der Waals surface area (Å²) >= 11 is 0. The van der Waals surface area contributed by atoms with E-state index in [1.807, 2.05) is 58.0 Å². The maximum absolute atomic E-state index is 11.9. The molecule has 4 nitrogen and oxygen atoms in total. The SMILES string of the molecule is CC(C)(C)OC(=O)N[C@@]1(C)CCC1OCc1ccccc1. The molecular formula is C17H25NO3. The first-order chi connectivity index (χ1) is 9.78. The molecule has 2 atom stereocenters. The van der Waals surface area contributed by atoms with Gasteiger partial charge < -0.3 is 14.8 Å². The first-order valence-electron chi connectivity index (χ1n) is 7.45. The summed E-state index contributed by atoms with van der Waals surface area (Å²) < 4.78 is 11.3. The van der Waals surface area contributed by atoms with Gasteiger partial charge in [0.2, 0.25) is 0 Å². The van der Waals surface area contributed by atoms with E-state index in [1.165, 1.54) is 0 Å². The van der Waals surface area contributed by atoms with Crippen molar-refractivity contribution in [3.05, 3.63) is 35.9 Å². The van der Waals surface area contributed by atoms with Gasteiger partial charge in [0.15, 0.2) is 0 Å². The molecule has 0 aromatic heterocycles. The van der Waals surface area contributed by atoms with E-state index in [4.69, 9.17) is 9.47 Å². The average Bonchev–Trinajstić information content (AvgIpc) is 2.36. The highest BCUT2D eigenvalue weighted by Gasteiger charge is 2.45. The highest BCUT2D eigenvalue weighted by molar-refractivity contribution is 5.69. The molecule has 1 aliphatic rings. The van der Waals surface area contributed by atoms with Crippen LogP contribution in [0, 0.1) is 0 Å². The largest absolute Gasteiger partial charge is 0.444 e. The zero-order valence-electron chi connectivity index (χ0n) is 13.3. The number of nitrogens with one attached hydrogen (secondary N) is 1. The van der Waals surface area contributed by atoms with Gasteiger partial charge >= 0.3 is 6.09 Å². The Labute approximate surface area is 126 Å². The van der Waals surface area contributed by atoms with Crippen molar-refractivity contribution in [2.45, 2.75) is 64.4 Å². The van der Waals surface area contributed by atoms with Crippen molar-refractivity contribution < 1.29 is 14.3 Å². The van der Waals surface area contributed by atoms with Crippen molar-refractivity contribution >= 4 is 6.09 Å². The molecule has 0 radical (unpaired) electrons. The van der Waals surface area contributed by atoms with Gasteiger partial charge in [0, 0.05) is 0 Å². The molecule has 1 aromatic rings. The van der Waals surface area contributed by atoms with Gasteiger partial charge in [-0.05, 0) is 46.1 Å². The Bertz CT molecular complexity index is 481. The molecule has 1 unspecified atom stereocenters. The zero-order valence-corrected chi connectivity index (χ0v) is 13.3. The lowest BCUT2D eigenvalue weighted by molar-refractivity contribution is -0.0806. The normalized spacial score (nSPS) is 25.0. The van der Waals surface area contributed by atoms with Gasteiger partial charge in [-0.2, -0.15) is 0 Å². The molecule has 1 aliphatic carbocycles. The van der Waals surface area contributed by atoms with E-state index in [2.05, 4.69) is 5.32 Å². The van der Waals surface area contributed by atoms with Gasteiger partial charge in [-0.1, -0.05) is 30.3 Å². The van der Waals surface area contributed by atoms with Crippen LogP contribution in [-0.4, -0.2) is 23.3 Å². The van der Waals surface area contributed by atoms with E-state index in [9.17, 15) is 4.79 Å². The molecule has 2 rings (SSSR count). The average molecular weight is 291 g/mol. The predicted molar refractivity (Wildman–Crippen MR) is 82.0 cm³/mol. The Balaban J connectivity index is 1.84. The Morgan fingerprint density at radius 2 is 2.00 bits per heavy atom. The number of carbonyl (C=O) groups is 1. The van der Waals surface area contributed by atoms with Crippen molar-refractivity contribution in [3.63, 3.8) is 0 Å². The fraction of sp³-hybridized carbons (Fsp3) is 0.588. The minimum Gasteiger partial charge on any atom is -0.444 e. The van der Waals surface area contributed by atoms with Crippen molar-refractivity contribution in [2.24, 2.45) is 0 Å². The van der Waals surface area contributed by atoms with Crippen molar-refractivity contribution in [1.82, 2.24) is 5.32 Å². The van der Waals surface area contributed by atoms with Crippen LogP contribution in [0.1, 0.15) is 46.1 Å². The highest BCUT2D eigenvalue weighted by atomic mass is 16.6. The number of ether oxygens (including phenoxy) is 2. The van der Waals surface area contributed by atoms with E-state index in [-0.39, 0.29) is 17.7 Å². The Kier molecular flexibility index (Phi) is 4.57. The van der Waals surface area contributed by atoms with Gasteiger partial charge in [0.25, 0.3) is 0 Å². The third-order valence-corrected chi connectivity index (χ3v) is 3.72. The van der Waals surface area contributed by atoms with Crippen LogP contribution in [0.5, 0.6) is 0 Å². The van der Waals surface area contributed by atoms with Crippen LogP contribution < -0.4 is 5.32 Å². The smallest absolute Gasteiger partial charge is 0.408 e. The summed E-state index contributed by atoms with van der Waals surface area (Å²) in [4.78, 5) is 11.9. The summed E-state index contributed by atoms with van der Waals surface area (Å²) in [6.45, 7) is 8.16. The van der Waals surface area contributed by atoms with Crippen molar-refractivity contribution in [2.75, 3.05) is 0 Å². The lowest BCUT2D eigenvalue weighted by atomic mass is 9.75. The molecule has 116 valence electrons. The van der Waals surface area contributed by atoms with Crippen LogP contribution >= 0.6 is 0 Å². The highest BCUT2D eigenvalue weighted by Crippen LogP contribution is 2.35. The number of rotatable bonds is 4. The van der Waals surface area contributed by atoms with Crippen LogP contribution in [0.25, 0.3) is 0 Å². The van der Waals surface area contributed by atoms with Crippen LogP contribution in [0.4, 0.5) is 4.79 Å². The van der Waals surface area contributed by atoms with Crippen LogP contribution in [0.15, 0.2) is 30.3 Å². The molecular weight excluding hydrogens is 266 g/mol. The van der Waals surface area contributed by atoms with Crippen molar-refractivity contribution in [1.29, 1.82) is 0 Å². The minimum atomic E-state index is -0.482. The summed E-state index contributed by atoms with van der Waals surface area (Å²) in [5.74, 6) is 0. The van der Waals surface area contributed by atoms with Crippen LogP contribution in [0.2, 0.25) is 0 Å². The minimum absolute atomic E-state index is 0.0326. The van der Waals surface area contributed by atoms with Crippen molar-refractivity contribution in [3.8, 4) is 0 Å². The maximum atomic E-state index is 11.9. The lowest BCUT2D eigenvalue weighted by Gasteiger charge is -2.46. The van der Waals surface area contributed by atoms with E-state index >= 15 is 0 Å². The number of amides is 1. The van der Waals surface area contributed by atoms with Gasteiger partial charge in [-0.25, -0.2) is 4.79 Å². The van der Waals surface area contributed by atoms with Crippen LogP contribution in [-0.2, 0) is 16.1 Å². The maximum Gasteiger partial charge on any atom is 0.408 e. The second kappa shape index (κ2) is 6.06. The molecule has 0 saturated heterocycles. The van der Waals surface area contributed by atoms with Crippen LogP contribution in [0.3, 0.4) is 0 Å². The van der Waals surface area contributed by atoms with Gasteiger partial charge in [0.1, 0.15) is 5.60 Å². The quantitative estimate of drug-likeness (QED) is 0.921. The van der Waals surface area contributed by atoms with E-state index < -0.39 is 5.60 Å².